The predicted octanol–water partition coefficient (Wildman–Crippen LogP) is 6.47. The van der Waals surface area contributed by atoms with Gasteiger partial charge in [0.25, 0.3) is 0 Å². The normalized spacial score (nSPS) is 18.3. The zero-order valence-electron chi connectivity index (χ0n) is 29.4. The fourth-order valence-electron chi connectivity index (χ4n) is 6.11. The number of likely N-dealkylation sites (N-methyl/N-ethyl adjacent to an activating group) is 1. The molecular formula is C35H46BClN7O3Si. The number of halogens is 1. The molecule has 3 aromatic rings. The molecule has 2 aromatic carbocycles. The van der Waals surface area contributed by atoms with Gasteiger partial charge in [0.05, 0.1) is 34.8 Å². The lowest BCUT2D eigenvalue weighted by atomic mass is 9.83. The Hall–Kier alpha value is -3.63. The summed E-state index contributed by atoms with van der Waals surface area (Å²) >= 11 is 6.82. The third kappa shape index (κ3) is 7.20. The van der Waals surface area contributed by atoms with Crippen LogP contribution in [0.3, 0.4) is 0 Å². The maximum absolute atomic E-state index is 11.6. The third-order valence-electron chi connectivity index (χ3n) is 10.1. The Morgan fingerprint density at radius 3 is 2.54 bits per heavy atom. The fraction of sp³-hybridized carbons (Fsp3) is 0.486. The topological polar surface area (TPSA) is 107 Å². The average Bonchev–Trinajstić information content (AvgIpc) is 3.34. The number of hydrogen-bond acceptors (Lipinski definition) is 10. The molecule has 0 aliphatic carbocycles. The molecular weight excluding hydrogens is 641 g/mol. The summed E-state index contributed by atoms with van der Waals surface area (Å²) < 4.78 is 12.5. The summed E-state index contributed by atoms with van der Waals surface area (Å²) in [6.07, 6.45) is 2.45. The van der Waals surface area contributed by atoms with Gasteiger partial charge >= 0.3 is 7.41 Å². The van der Waals surface area contributed by atoms with E-state index in [1.54, 1.807) is 13.3 Å². The van der Waals surface area contributed by atoms with E-state index < -0.39 is 13.7 Å². The Morgan fingerprint density at radius 2 is 1.92 bits per heavy atom. The Labute approximate surface area is 291 Å². The second kappa shape index (κ2) is 14.1. The van der Waals surface area contributed by atoms with Crippen molar-refractivity contribution in [2.75, 3.05) is 68.0 Å². The summed E-state index contributed by atoms with van der Waals surface area (Å²) in [5.74, 6) is 1.000. The quantitative estimate of drug-likeness (QED) is 0.178. The molecule has 2 aliphatic heterocycles. The number of nitrogens with one attached hydrogen (secondary N) is 1. The van der Waals surface area contributed by atoms with Gasteiger partial charge in [-0.15, -0.1) is 0 Å². The molecule has 0 amide bonds. The fourth-order valence-corrected chi connectivity index (χ4v) is 7.51. The molecule has 2 aliphatic rings. The molecule has 3 heterocycles. The third-order valence-corrected chi connectivity index (χ3v) is 14.9. The van der Waals surface area contributed by atoms with Crippen molar-refractivity contribution in [3.8, 4) is 23.1 Å². The standard InChI is InChI=1S/C35H46BClN7O3Si/c1-9-42-12-14-43(15-13-42)30-19-31(46-6)29(18-27(30)37)41-33-39-11-10-28(40-33)24-16-25(20-38)32-26(17-24)35(5,21-44(32)36-23-45)22-47-48(7,8)34(2,3)4/h10-11,16-19,23H,9,12-15,21-22H2,1-8H3,(H,39,40,41). The van der Waals surface area contributed by atoms with Crippen molar-refractivity contribution in [3.63, 3.8) is 0 Å². The summed E-state index contributed by atoms with van der Waals surface area (Å²) in [5.41, 5.74) is 4.69. The number of methoxy groups -OCH3 is 1. The highest BCUT2D eigenvalue weighted by Crippen LogP contribution is 2.46. The molecule has 10 nitrogen and oxygen atoms in total. The van der Waals surface area contributed by atoms with Gasteiger partial charge in [-0.2, -0.15) is 5.26 Å². The molecule has 1 unspecified atom stereocenters. The molecule has 1 N–H and O–H groups in total. The summed E-state index contributed by atoms with van der Waals surface area (Å²) in [7, 11) is 1.06. The smallest absolute Gasteiger partial charge is 0.329 e. The molecule has 48 heavy (non-hydrogen) atoms. The Bertz CT molecular complexity index is 1700. The minimum atomic E-state index is -2.07. The first kappa shape index (κ1) is 35.7. The van der Waals surface area contributed by atoms with Crippen LogP contribution < -0.4 is 19.8 Å². The van der Waals surface area contributed by atoms with Gasteiger partial charge in [0.2, 0.25) is 5.95 Å². The van der Waals surface area contributed by atoms with E-state index in [0.717, 1.165) is 61.4 Å². The maximum Gasteiger partial charge on any atom is 0.329 e. The molecule has 1 fully saturated rings. The van der Waals surface area contributed by atoms with Crippen LogP contribution in [0.2, 0.25) is 23.2 Å². The number of fused-ring (bicyclic) bond motifs is 1. The predicted molar refractivity (Wildman–Crippen MR) is 198 cm³/mol. The molecule has 1 radical (unpaired) electrons. The van der Waals surface area contributed by atoms with Crippen LogP contribution in [0.25, 0.3) is 11.3 Å². The van der Waals surface area contributed by atoms with Crippen LogP contribution in [0, 0.1) is 11.3 Å². The van der Waals surface area contributed by atoms with E-state index in [1.807, 2.05) is 29.1 Å². The van der Waals surface area contributed by atoms with E-state index in [2.05, 4.69) is 79.9 Å². The van der Waals surface area contributed by atoms with Crippen molar-refractivity contribution in [2.45, 2.75) is 58.2 Å². The number of ether oxygens (including phenoxy) is 1. The van der Waals surface area contributed by atoms with Gasteiger partial charge in [-0.3, -0.25) is 0 Å². The van der Waals surface area contributed by atoms with Crippen molar-refractivity contribution in [1.82, 2.24) is 14.9 Å². The van der Waals surface area contributed by atoms with Crippen LogP contribution in [0.1, 0.15) is 45.7 Å². The number of rotatable bonds is 11. The van der Waals surface area contributed by atoms with E-state index in [1.165, 1.54) is 7.41 Å². The lowest BCUT2D eigenvalue weighted by Gasteiger charge is -2.39. The molecule has 13 heteroatoms. The van der Waals surface area contributed by atoms with E-state index in [4.69, 9.17) is 25.7 Å². The summed E-state index contributed by atoms with van der Waals surface area (Å²) in [4.78, 5) is 27.6. The number of benzene rings is 2. The lowest BCUT2D eigenvalue weighted by molar-refractivity contribution is 0.219. The first-order valence-electron chi connectivity index (χ1n) is 16.5. The highest BCUT2D eigenvalue weighted by Gasteiger charge is 2.44. The van der Waals surface area contributed by atoms with Crippen LogP contribution in [0.5, 0.6) is 5.75 Å². The molecule has 0 bridgehead atoms. The van der Waals surface area contributed by atoms with Gasteiger partial charge in [-0.05, 0) is 54.5 Å². The molecule has 1 saturated heterocycles. The zero-order valence-corrected chi connectivity index (χ0v) is 31.1. The Morgan fingerprint density at radius 1 is 1.19 bits per heavy atom. The van der Waals surface area contributed by atoms with Crippen LogP contribution in [-0.2, 0) is 14.6 Å². The number of carbonyl (C=O) groups excluding carboxylic acids is 1. The van der Waals surface area contributed by atoms with Crippen LogP contribution in [0.4, 0.5) is 23.0 Å². The van der Waals surface area contributed by atoms with Crippen molar-refractivity contribution >= 4 is 56.5 Å². The van der Waals surface area contributed by atoms with Gasteiger partial charge in [0, 0.05) is 68.3 Å². The van der Waals surface area contributed by atoms with Gasteiger partial charge in [0.15, 0.2) is 8.32 Å². The highest BCUT2D eigenvalue weighted by atomic mass is 35.5. The lowest BCUT2D eigenvalue weighted by Crippen LogP contribution is -2.46. The van der Waals surface area contributed by atoms with E-state index >= 15 is 0 Å². The van der Waals surface area contributed by atoms with Crippen molar-refractivity contribution in [1.29, 1.82) is 5.26 Å². The van der Waals surface area contributed by atoms with Crippen LogP contribution in [-0.4, -0.2) is 89.8 Å². The highest BCUT2D eigenvalue weighted by molar-refractivity contribution is 6.74. The monoisotopic (exact) mass is 686 g/mol. The van der Waals surface area contributed by atoms with Crippen molar-refractivity contribution < 1.29 is 14.0 Å². The molecule has 1 atom stereocenters. The molecule has 0 saturated carbocycles. The number of nitrogens with zero attached hydrogens (tertiary/aromatic N) is 6. The van der Waals surface area contributed by atoms with Gasteiger partial charge in [-0.25, -0.2) is 9.97 Å². The maximum atomic E-state index is 11.6. The minimum Gasteiger partial charge on any atom is -0.494 e. The second-order valence-corrected chi connectivity index (χ2v) is 19.6. The number of anilines is 4. The number of piperazine rings is 1. The zero-order chi connectivity index (χ0) is 34.9. The first-order chi connectivity index (χ1) is 22.7. The van der Waals surface area contributed by atoms with Gasteiger partial charge in [0.1, 0.15) is 18.0 Å². The molecule has 253 valence electrons. The van der Waals surface area contributed by atoms with Crippen LogP contribution >= 0.6 is 11.6 Å². The summed E-state index contributed by atoms with van der Waals surface area (Å²) in [5, 5.41) is 14.3. The molecule has 1 aromatic heterocycles. The molecule has 0 spiro atoms. The van der Waals surface area contributed by atoms with Gasteiger partial charge < -0.3 is 33.9 Å². The first-order valence-corrected chi connectivity index (χ1v) is 19.8. The Kier molecular flexibility index (Phi) is 10.5. The number of hydrogen-bond donors (Lipinski definition) is 1. The summed E-state index contributed by atoms with van der Waals surface area (Å²) in [6, 6.07) is 11.9. The number of nitriles is 1. The van der Waals surface area contributed by atoms with E-state index in [0.29, 0.717) is 46.8 Å². The van der Waals surface area contributed by atoms with Crippen molar-refractivity contribution in [3.05, 3.63) is 52.7 Å². The summed E-state index contributed by atoms with van der Waals surface area (Å²) in [6.45, 7) is 21.2. The Balaban J connectivity index is 1.47. The molecule has 5 rings (SSSR count). The van der Waals surface area contributed by atoms with E-state index in [-0.39, 0.29) is 5.04 Å². The average molecular weight is 687 g/mol. The second-order valence-electron chi connectivity index (χ2n) is 14.4. The van der Waals surface area contributed by atoms with Crippen molar-refractivity contribution in [2.24, 2.45) is 0 Å². The van der Waals surface area contributed by atoms with E-state index in [9.17, 15) is 10.1 Å². The SMILES string of the molecule is CCN1CCN(c2cc(OC)c(Nc3nccc(-c4cc(C#N)c5c(c4)C(C)(CO[Si](C)(C)C(C)(C)C)CN5[B]C=O)n3)cc2Cl)CC1. The minimum absolute atomic E-state index is 0.0425. The van der Waals surface area contributed by atoms with Gasteiger partial charge in [-0.1, -0.05) is 46.2 Å². The number of carbonyl (C=O) groups is 1. The number of aromatic nitrogens is 2. The van der Waals surface area contributed by atoms with Crippen LogP contribution in [0.15, 0.2) is 36.5 Å². The largest absolute Gasteiger partial charge is 0.494 e.